The predicted octanol–water partition coefficient (Wildman–Crippen LogP) is 0.977. The Kier molecular flexibility index (Phi) is 3.64. The van der Waals surface area contributed by atoms with Gasteiger partial charge in [0.25, 0.3) is 5.91 Å². The van der Waals surface area contributed by atoms with Crippen molar-refractivity contribution in [3.63, 3.8) is 0 Å². The zero-order valence-corrected chi connectivity index (χ0v) is 11.0. The van der Waals surface area contributed by atoms with Crippen LogP contribution in [0, 0.1) is 0 Å². The Labute approximate surface area is 120 Å². The second-order valence-electron chi connectivity index (χ2n) is 4.28. The van der Waals surface area contributed by atoms with Crippen molar-refractivity contribution in [2.75, 3.05) is 0 Å². The summed E-state index contributed by atoms with van der Waals surface area (Å²) in [5, 5.41) is 11.8. The number of nitrogens with one attached hydrogen (secondary N) is 1. The molecule has 2 heterocycles. The van der Waals surface area contributed by atoms with E-state index in [0.717, 1.165) is 11.0 Å². The van der Waals surface area contributed by atoms with Gasteiger partial charge >= 0.3 is 0 Å². The largest absolute Gasteiger partial charge is 0.271 e. The molecule has 3 aromatic rings. The van der Waals surface area contributed by atoms with Gasteiger partial charge in [0, 0.05) is 6.20 Å². The molecule has 0 saturated carbocycles. The summed E-state index contributed by atoms with van der Waals surface area (Å²) in [6.45, 7) is 0.0556. The van der Waals surface area contributed by atoms with Crippen molar-refractivity contribution >= 4 is 23.2 Å². The highest BCUT2D eigenvalue weighted by Gasteiger charge is 2.07. The fraction of sp³-hybridized carbons (Fsp3) is 0.0714. The van der Waals surface area contributed by atoms with Crippen molar-refractivity contribution in [3.8, 4) is 0 Å². The zero-order valence-electron chi connectivity index (χ0n) is 11.0. The van der Waals surface area contributed by atoms with E-state index in [2.05, 4.69) is 25.8 Å². The molecule has 1 N–H and O–H groups in total. The fourth-order valence-electron chi connectivity index (χ4n) is 1.83. The van der Waals surface area contributed by atoms with Crippen molar-refractivity contribution in [3.05, 3.63) is 54.4 Å². The summed E-state index contributed by atoms with van der Waals surface area (Å²) in [6, 6.07) is 12.9. The van der Waals surface area contributed by atoms with Crippen LogP contribution in [0.1, 0.15) is 5.69 Å². The molecule has 0 fully saturated rings. The highest BCUT2D eigenvalue weighted by Crippen LogP contribution is 2.08. The molecule has 0 aliphatic heterocycles. The number of aromatic nitrogens is 4. The number of carbonyl (C=O) groups excluding carboxylic acids is 1. The van der Waals surface area contributed by atoms with Gasteiger partial charge in [0.1, 0.15) is 12.1 Å². The van der Waals surface area contributed by atoms with Gasteiger partial charge in [0.05, 0.1) is 17.4 Å². The molecular formula is C14H12N6O. The molecule has 0 aliphatic carbocycles. The Hall–Kier alpha value is -3.09. The lowest BCUT2D eigenvalue weighted by molar-refractivity contribution is -0.121. The quantitative estimate of drug-likeness (QED) is 0.570. The average Bonchev–Trinajstić information content (AvgIpc) is 2.92. The first-order chi connectivity index (χ1) is 10.3. The first kappa shape index (κ1) is 12.9. The Bertz CT molecular complexity index is 780. The Morgan fingerprint density at radius 1 is 1.24 bits per heavy atom. The average molecular weight is 280 g/mol. The molecule has 0 unspecified atom stereocenters. The number of hydrogen-bond donors (Lipinski definition) is 1. The monoisotopic (exact) mass is 280 g/mol. The number of benzene rings is 1. The van der Waals surface area contributed by atoms with Crippen molar-refractivity contribution < 1.29 is 4.79 Å². The van der Waals surface area contributed by atoms with Crippen LogP contribution in [0.2, 0.25) is 0 Å². The summed E-state index contributed by atoms with van der Waals surface area (Å²) in [5.41, 5.74) is 4.67. The lowest BCUT2D eigenvalue weighted by Gasteiger charge is -2.00. The third-order valence-electron chi connectivity index (χ3n) is 2.79. The predicted molar refractivity (Wildman–Crippen MR) is 77.5 cm³/mol. The van der Waals surface area contributed by atoms with E-state index in [1.54, 1.807) is 12.3 Å². The van der Waals surface area contributed by atoms with Crippen LogP contribution < -0.4 is 5.43 Å². The third-order valence-corrected chi connectivity index (χ3v) is 2.79. The zero-order chi connectivity index (χ0) is 14.5. The summed E-state index contributed by atoms with van der Waals surface area (Å²) in [6.07, 6.45) is 3.14. The Morgan fingerprint density at radius 3 is 2.95 bits per heavy atom. The number of hydrogen-bond acceptors (Lipinski definition) is 5. The molecule has 1 amide bonds. The summed E-state index contributed by atoms with van der Waals surface area (Å²) in [5.74, 6) is -0.280. The van der Waals surface area contributed by atoms with Gasteiger partial charge in [0.15, 0.2) is 0 Å². The fourth-order valence-corrected chi connectivity index (χ4v) is 1.83. The maximum absolute atomic E-state index is 11.8. The van der Waals surface area contributed by atoms with Gasteiger partial charge < -0.3 is 0 Å². The van der Waals surface area contributed by atoms with E-state index in [1.807, 2.05) is 36.4 Å². The SMILES string of the molecule is O=C(Cn1nnc2ccccc21)N/N=C\c1ccccn1. The van der Waals surface area contributed by atoms with Crippen LogP contribution in [0.4, 0.5) is 0 Å². The lowest BCUT2D eigenvalue weighted by Crippen LogP contribution is -2.23. The van der Waals surface area contributed by atoms with Crippen molar-refractivity contribution in [1.82, 2.24) is 25.4 Å². The van der Waals surface area contributed by atoms with E-state index < -0.39 is 0 Å². The number of nitrogens with zero attached hydrogens (tertiary/aromatic N) is 5. The second kappa shape index (κ2) is 5.91. The maximum Gasteiger partial charge on any atom is 0.261 e. The van der Waals surface area contributed by atoms with Gasteiger partial charge in [-0.15, -0.1) is 5.10 Å². The third kappa shape index (κ3) is 3.08. The van der Waals surface area contributed by atoms with Gasteiger partial charge in [-0.2, -0.15) is 5.10 Å². The maximum atomic E-state index is 11.8. The van der Waals surface area contributed by atoms with Crippen LogP contribution in [0.3, 0.4) is 0 Å². The summed E-state index contributed by atoms with van der Waals surface area (Å²) in [4.78, 5) is 15.9. The van der Waals surface area contributed by atoms with Gasteiger partial charge in [-0.3, -0.25) is 9.78 Å². The van der Waals surface area contributed by atoms with Crippen molar-refractivity contribution in [2.45, 2.75) is 6.54 Å². The number of amides is 1. The summed E-state index contributed by atoms with van der Waals surface area (Å²) in [7, 11) is 0. The number of pyridine rings is 1. The van der Waals surface area contributed by atoms with Crippen LogP contribution in [0.5, 0.6) is 0 Å². The van der Waals surface area contributed by atoms with E-state index in [1.165, 1.54) is 10.9 Å². The van der Waals surface area contributed by atoms with Gasteiger partial charge in [-0.25, -0.2) is 10.1 Å². The molecule has 7 heteroatoms. The Balaban J connectivity index is 1.63. The molecule has 0 spiro atoms. The first-order valence-electron chi connectivity index (χ1n) is 6.34. The molecule has 7 nitrogen and oxygen atoms in total. The minimum absolute atomic E-state index is 0.0556. The number of carbonyl (C=O) groups is 1. The van der Waals surface area contributed by atoms with Crippen LogP contribution in [0.15, 0.2) is 53.8 Å². The highest BCUT2D eigenvalue weighted by atomic mass is 16.2. The second-order valence-corrected chi connectivity index (χ2v) is 4.28. The lowest BCUT2D eigenvalue weighted by atomic mass is 10.3. The molecule has 0 atom stereocenters. The molecule has 21 heavy (non-hydrogen) atoms. The normalized spacial score (nSPS) is 11.0. The van der Waals surface area contributed by atoms with Crippen LogP contribution in [0.25, 0.3) is 11.0 Å². The molecule has 0 saturated heterocycles. The molecule has 0 bridgehead atoms. The number of fused-ring (bicyclic) bond motifs is 1. The first-order valence-corrected chi connectivity index (χ1v) is 6.34. The van der Waals surface area contributed by atoms with E-state index in [-0.39, 0.29) is 12.5 Å². The van der Waals surface area contributed by atoms with Gasteiger partial charge in [-0.1, -0.05) is 23.4 Å². The number of rotatable bonds is 4. The standard InChI is InChI=1S/C14H12N6O/c21-14(18-16-9-11-5-3-4-8-15-11)10-20-13-7-2-1-6-12(13)17-19-20/h1-9H,10H2,(H,18,21)/b16-9-. The Morgan fingerprint density at radius 2 is 2.10 bits per heavy atom. The topological polar surface area (TPSA) is 85.1 Å². The van der Waals surface area contributed by atoms with E-state index in [0.29, 0.717) is 5.69 Å². The smallest absolute Gasteiger partial charge is 0.261 e. The number of para-hydroxylation sites is 1. The number of hydrazone groups is 1. The minimum atomic E-state index is -0.280. The van der Waals surface area contributed by atoms with Gasteiger partial charge in [0.2, 0.25) is 0 Å². The highest BCUT2D eigenvalue weighted by molar-refractivity contribution is 5.82. The van der Waals surface area contributed by atoms with Crippen LogP contribution in [-0.2, 0) is 11.3 Å². The summed E-state index contributed by atoms with van der Waals surface area (Å²) < 4.78 is 1.53. The molecule has 2 aromatic heterocycles. The minimum Gasteiger partial charge on any atom is -0.271 e. The molecule has 1 aromatic carbocycles. The molecule has 104 valence electrons. The molecule has 3 rings (SSSR count). The molecule has 0 radical (unpaired) electrons. The molecular weight excluding hydrogens is 268 g/mol. The van der Waals surface area contributed by atoms with E-state index >= 15 is 0 Å². The molecule has 0 aliphatic rings. The van der Waals surface area contributed by atoms with Crippen molar-refractivity contribution in [1.29, 1.82) is 0 Å². The van der Waals surface area contributed by atoms with Crippen molar-refractivity contribution in [2.24, 2.45) is 5.10 Å². The van der Waals surface area contributed by atoms with Crippen LogP contribution >= 0.6 is 0 Å². The van der Waals surface area contributed by atoms with Crippen LogP contribution in [-0.4, -0.2) is 32.1 Å². The van der Waals surface area contributed by atoms with Gasteiger partial charge in [-0.05, 0) is 24.3 Å². The van der Waals surface area contributed by atoms with E-state index in [9.17, 15) is 4.79 Å². The summed E-state index contributed by atoms with van der Waals surface area (Å²) >= 11 is 0. The van der Waals surface area contributed by atoms with E-state index in [4.69, 9.17) is 0 Å².